The van der Waals surface area contributed by atoms with Crippen molar-refractivity contribution in [2.24, 2.45) is 5.73 Å². The Morgan fingerprint density at radius 3 is 2.55 bits per heavy atom. The lowest BCUT2D eigenvalue weighted by Gasteiger charge is -2.13. The maximum absolute atomic E-state index is 13.6. The van der Waals surface area contributed by atoms with Gasteiger partial charge in [0.1, 0.15) is 5.82 Å². The number of ether oxygens (including phenoxy) is 1. The predicted octanol–water partition coefficient (Wildman–Crippen LogP) is 3.98. The molecule has 0 saturated carbocycles. The topological polar surface area (TPSA) is 35.2 Å². The van der Waals surface area contributed by atoms with E-state index in [9.17, 15) is 8.78 Å². The van der Waals surface area contributed by atoms with E-state index in [2.05, 4.69) is 15.9 Å². The van der Waals surface area contributed by atoms with Crippen molar-refractivity contribution in [2.75, 3.05) is 7.11 Å². The van der Waals surface area contributed by atoms with Gasteiger partial charge in [0.15, 0.2) is 11.6 Å². The van der Waals surface area contributed by atoms with Gasteiger partial charge in [-0.25, -0.2) is 8.78 Å². The van der Waals surface area contributed by atoms with Gasteiger partial charge in [0.2, 0.25) is 0 Å². The molecule has 0 fully saturated rings. The summed E-state index contributed by atoms with van der Waals surface area (Å²) >= 11 is 3.23. The molecule has 5 heteroatoms. The maximum atomic E-state index is 13.6. The average Bonchev–Trinajstić information content (AvgIpc) is 2.37. The summed E-state index contributed by atoms with van der Waals surface area (Å²) in [6.45, 7) is 0. The third kappa shape index (κ3) is 3.55. The van der Waals surface area contributed by atoms with Gasteiger partial charge < -0.3 is 10.5 Å². The molecule has 0 heterocycles. The monoisotopic (exact) mass is 341 g/mol. The van der Waals surface area contributed by atoms with Crippen LogP contribution in [0.5, 0.6) is 5.75 Å². The Morgan fingerprint density at radius 1 is 1.20 bits per heavy atom. The van der Waals surface area contributed by atoms with Crippen molar-refractivity contribution in [3.63, 3.8) is 0 Å². The normalized spacial score (nSPS) is 12.2. The molecule has 0 aliphatic carbocycles. The first-order valence-corrected chi connectivity index (χ1v) is 6.83. The molecule has 0 saturated heterocycles. The minimum atomic E-state index is -0.458. The average molecular weight is 342 g/mol. The van der Waals surface area contributed by atoms with Gasteiger partial charge in [0.05, 0.1) is 7.11 Å². The van der Waals surface area contributed by atoms with Crippen LogP contribution in [0.3, 0.4) is 0 Å². The Hall–Kier alpha value is -1.46. The van der Waals surface area contributed by atoms with E-state index in [4.69, 9.17) is 10.5 Å². The predicted molar refractivity (Wildman–Crippen MR) is 77.7 cm³/mol. The largest absolute Gasteiger partial charge is 0.494 e. The first-order valence-electron chi connectivity index (χ1n) is 6.03. The molecule has 2 aromatic rings. The van der Waals surface area contributed by atoms with E-state index in [0.29, 0.717) is 16.5 Å². The zero-order chi connectivity index (χ0) is 14.7. The highest BCUT2D eigenvalue weighted by Crippen LogP contribution is 2.24. The molecule has 106 valence electrons. The summed E-state index contributed by atoms with van der Waals surface area (Å²) < 4.78 is 32.4. The van der Waals surface area contributed by atoms with Crippen molar-refractivity contribution in [2.45, 2.75) is 12.5 Å². The summed E-state index contributed by atoms with van der Waals surface area (Å²) in [5.41, 5.74) is 7.44. The number of hydrogen-bond acceptors (Lipinski definition) is 2. The number of hydrogen-bond donors (Lipinski definition) is 1. The number of methoxy groups -OCH3 is 1. The zero-order valence-electron chi connectivity index (χ0n) is 10.9. The molecule has 0 amide bonds. The summed E-state index contributed by atoms with van der Waals surface area (Å²) in [4.78, 5) is 0. The van der Waals surface area contributed by atoms with Crippen LogP contribution in [0.15, 0.2) is 40.9 Å². The summed E-state index contributed by atoms with van der Waals surface area (Å²) in [6.07, 6.45) is 0.419. The lowest BCUT2D eigenvalue weighted by molar-refractivity contribution is 0.386. The van der Waals surface area contributed by atoms with Crippen LogP contribution in [0.25, 0.3) is 0 Å². The van der Waals surface area contributed by atoms with Gasteiger partial charge in [0.25, 0.3) is 0 Å². The lowest BCUT2D eigenvalue weighted by Crippen LogP contribution is -2.14. The smallest absolute Gasteiger partial charge is 0.165 e. The van der Waals surface area contributed by atoms with Crippen LogP contribution in [0.4, 0.5) is 8.78 Å². The molecule has 2 rings (SSSR count). The summed E-state index contributed by atoms with van der Waals surface area (Å²) in [5, 5.41) is 0. The fraction of sp³-hybridized carbons (Fsp3) is 0.200. The van der Waals surface area contributed by atoms with E-state index in [1.165, 1.54) is 31.4 Å². The van der Waals surface area contributed by atoms with E-state index in [1.807, 2.05) is 0 Å². The molecule has 20 heavy (non-hydrogen) atoms. The standard InChI is InChI=1S/C15H14BrF2NO/c1-20-15-3-2-10(7-13(15)18)14(19)6-9-4-11(16)8-12(17)5-9/h2-5,7-8,14H,6,19H2,1H3. The second kappa shape index (κ2) is 6.33. The molecule has 2 N–H and O–H groups in total. The van der Waals surface area contributed by atoms with Crippen molar-refractivity contribution in [3.8, 4) is 5.75 Å². The molecule has 0 radical (unpaired) electrons. The Kier molecular flexibility index (Phi) is 4.73. The van der Waals surface area contributed by atoms with Crippen molar-refractivity contribution >= 4 is 15.9 Å². The fourth-order valence-electron chi connectivity index (χ4n) is 2.01. The molecule has 1 atom stereocenters. The van der Waals surface area contributed by atoms with Crippen LogP contribution in [-0.4, -0.2) is 7.11 Å². The quantitative estimate of drug-likeness (QED) is 0.912. The first-order chi connectivity index (χ1) is 9.49. The van der Waals surface area contributed by atoms with E-state index >= 15 is 0 Å². The molecule has 2 nitrogen and oxygen atoms in total. The van der Waals surface area contributed by atoms with Gasteiger partial charge in [-0.3, -0.25) is 0 Å². The van der Waals surface area contributed by atoms with Crippen molar-refractivity contribution in [3.05, 3.63) is 63.6 Å². The highest BCUT2D eigenvalue weighted by Gasteiger charge is 2.11. The number of rotatable bonds is 4. The minimum absolute atomic E-state index is 0.175. The third-order valence-electron chi connectivity index (χ3n) is 2.98. The Balaban J connectivity index is 2.19. The Labute approximate surface area is 124 Å². The summed E-state index contributed by atoms with van der Waals surface area (Å²) in [5.74, 6) is -0.613. The molecule has 0 spiro atoms. The van der Waals surface area contributed by atoms with Crippen molar-refractivity contribution in [1.82, 2.24) is 0 Å². The molecule has 0 aliphatic heterocycles. The zero-order valence-corrected chi connectivity index (χ0v) is 12.5. The minimum Gasteiger partial charge on any atom is -0.494 e. The van der Waals surface area contributed by atoms with Crippen LogP contribution < -0.4 is 10.5 Å². The maximum Gasteiger partial charge on any atom is 0.165 e. The van der Waals surface area contributed by atoms with E-state index in [-0.39, 0.29) is 11.6 Å². The number of benzene rings is 2. The second-order valence-electron chi connectivity index (χ2n) is 4.48. The number of nitrogens with two attached hydrogens (primary N) is 1. The second-order valence-corrected chi connectivity index (χ2v) is 5.40. The highest BCUT2D eigenvalue weighted by molar-refractivity contribution is 9.10. The van der Waals surface area contributed by atoms with E-state index in [1.54, 1.807) is 12.1 Å². The van der Waals surface area contributed by atoms with Crippen LogP contribution in [0.1, 0.15) is 17.2 Å². The molecule has 0 bridgehead atoms. The van der Waals surface area contributed by atoms with Gasteiger partial charge >= 0.3 is 0 Å². The SMILES string of the molecule is COc1ccc(C(N)Cc2cc(F)cc(Br)c2)cc1F. The van der Waals surface area contributed by atoms with Gasteiger partial charge in [-0.15, -0.1) is 0 Å². The van der Waals surface area contributed by atoms with Crippen LogP contribution in [-0.2, 0) is 6.42 Å². The van der Waals surface area contributed by atoms with Crippen LogP contribution >= 0.6 is 15.9 Å². The Bertz CT molecular complexity index is 599. The first kappa shape index (κ1) is 14.9. The van der Waals surface area contributed by atoms with Gasteiger partial charge in [-0.2, -0.15) is 0 Å². The van der Waals surface area contributed by atoms with Gasteiger partial charge in [-0.05, 0) is 47.9 Å². The van der Waals surface area contributed by atoms with Gasteiger partial charge in [0, 0.05) is 10.5 Å². The van der Waals surface area contributed by atoms with Crippen molar-refractivity contribution in [1.29, 1.82) is 0 Å². The van der Waals surface area contributed by atoms with Gasteiger partial charge in [-0.1, -0.05) is 22.0 Å². The van der Waals surface area contributed by atoms with Crippen molar-refractivity contribution < 1.29 is 13.5 Å². The van der Waals surface area contributed by atoms with Crippen LogP contribution in [0, 0.1) is 11.6 Å². The summed E-state index contributed by atoms with van der Waals surface area (Å²) in [7, 11) is 1.41. The summed E-state index contributed by atoms with van der Waals surface area (Å²) in [6, 6.07) is 8.77. The fourth-order valence-corrected chi connectivity index (χ4v) is 2.53. The molecule has 2 aromatic carbocycles. The molecule has 1 unspecified atom stereocenters. The van der Waals surface area contributed by atoms with Crippen LogP contribution in [0.2, 0.25) is 0 Å². The Morgan fingerprint density at radius 2 is 1.95 bits per heavy atom. The highest BCUT2D eigenvalue weighted by atomic mass is 79.9. The van der Waals surface area contributed by atoms with E-state index < -0.39 is 11.9 Å². The number of halogens is 3. The van der Waals surface area contributed by atoms with E-state index in [0.717, 1.165) is 5.56 Å². The molecule has 0 aliphatic rings. The third-order valence-corrected chi connectivity index (χ3v) is 3.44. The molecule has 0 aromatic heterocycles. The molecular weight excluding hydrogens is 328 g/mol. The molecular formula is C15H14BrF2NO. The lowest BCUT2D eigenvalue weighted by atomic mass is 9.99.